The quantitative estimate of drug-likeness (QED) is 0.807. The third-order valence-corrected chi connectivity index (χ3v) is 5.70. The van der Waals surface area contributed by atoms with E-state index in [1.807, 2.05) is 12.3 Å². The van der Waals surface area contributed by atoms with Crippen LogP contribution in [0.15, 0.2) is 5.38 Å². The summed E-state index contributed by atoms with van der Waals surface area (Å²) in [5.74, 6) is -0.368. The second kappa shape index (κ2) is 7.59. The Morgan fingerprint density at radius 3 is 2.56 bits per heavy atom. The van der Waals surface area contributed by atoms with E-state index in [0.29, 0.717) is 25.9 Å². The fourth-order valence-electron chi connectivity index (χ4n) is 3.53. The van der Waals surface area contributed by atoms with Gasteiger partial charge in [-0.25, -0.2) is 4.98 Å². The van der Waals surface area contributed by atoms with Gasteiger partial charge in [-0.1, -0.05) is 0 Å². The number of aryl methyl sites for hydroxylation is 1. The van der Waals surface area contributed by atoms with Crippen molar-refractivity contribution >= 4 is 17.2 Å². The molecule has 0 aromatic carbocycles. The molecule has 3 rings (SSSR count). The van der Waals surface area contributed by atoms with Crippen molar-refractivity contribution in [2.24, 2.45) is 0 Å². The molecule has 1 amide bonds. The van der Waals surface area contributed by atoms with E-state index >= 15 is 0 Å². The number of thiazole rings is 1. The van der Waals surface area contributed by atoms with E-state index in [1.54, 1.807) is 11.3 Å². The Kier molecular flexibility index (Phi) is 5.65. The van der Waals surface area contributed by atoms with Crippen LogP contribution in [0, 0.1) is 6.92 Å². The molecule has 0 spiro atoms. The van der Waals surface area contributed by atoms with Gasteiger partial charge in [0.2, 0.25) is 5.91 Å². The predicted octanol–water partition coefficient (Wildman–Crippen LogP) is 2.12. The van der Waals surface area contributed by atoms with E-state index < -0.39 is 18.8 Å². The molecular formula is C16H23F3N4OS. The lowest BCUT2D eigenvalue weighted by atomic mass is 10.0. The van der Waals surface area contributed by atoms with Crippen LogP contribution in [0.1, 0.15) is 23.5 Å². The van der Waals surface area contributed by atoms with Crippen molar-refractivity contribution in [1.82, 2.24) is 19.7 Å². The molecule has 3 heterocycles. The number of likely N-dealkylation sites (tertiary alicyclic amines) is 1. The Hall–Kier alpha value is -1.19. The maximum atomic E-state index is 12.6. The minimum absolute atomic E-state index is 0.207. The normalized spacial score (nSPS) is 24.1. The first kappa shape index (κ1) is 18.6. The summed E-state index contributed by atoms with van der Waals surface area (Å²) in [6.07, 6.45) is -3.05. The van der Waals surface area contributed by atoms with Gasteiger partial charge in [0.25, 0.3) is 0 Å². The number of carbonyl (C=O) groups excluding carboxylic acids is 1. The van der Waals surface area contributed by atoms with E-state index in [2.05, 4.69) is 14.8 Å². The van der Waals surface area contributed by atoms with Gasteiger partial charge < -0.3 is 4.90 Å². The number of amides is 1. The minimum Gasteiger partial charge on any atom is -0.332 e. The van der Waals surface area contributed by atoms with Crippen LogP contribution in [-0.4, -0.2) is 77.1 Å². The van der Waals surface area contributed by atoms with Crippen molar-refractivity contribution in [2.75, 3.05) is 39.3 Å². The molecule has 9 heteroatoms. The molecule has 2 aliphatic rings. The van der Waals surface area contributed by atoms with Crippen LogP contribution in [0.25, 0.3) is 0 Å². The zero-order chi connectivity index (χ0) is 18.0. The molecule has 2 aliphatic heterocycles. The highest BCUT2D eigenvalue weighted by molar-refractivity contribution is 7.09. The number of alkyl halides is 3. The average Bonchev–Trinajstić information content (AvgIpc) is 2.94. The maximum absolute atomic E-state index is 12.6. The Morgan fingerprint density at radius 2 is 1.96 bits per heavy atom. The highest BCUT2D eigenvalue weighted by Crippen LogP contribution is 2.24. The van der Waals surface area contributed by atoms with Gasteiger partial charge >= 0.3 is 6.18 Å². The largest absolute Gasteiger partial charge is 0.406 e. The zero-order valence-corrected chi connectivity index (χ0v) is 15.1. The number of piperidine rings is 1. The van der Waals surface area contributed by atoms with Crippen LogP contribution < -0.4 is 0 Å². The number of halogens is 3. The summed E-state index contributed by atoms with van der Waals surface area (Å²) < 4.78 is 37.9. The van der Waals surface area contributed by atoms with Gasteiger partial charge in [-0.3, -0.25) is 14.6 Å². The summed E-state index contributed by atoms with van der Waals surface area (Å²) in [6.45, 7) is 4.87. The average molecular weight is 376 g/mol. The molecule has 25 heavy (non-hydrogen) atoms. The molecule has 0 aliphatic carbocycles. The van der Waals surface area contributed by atoms with Crippen molar-refractivity contribution in [2.45, 2.75) is 38.5 Å². The molecular weight excluding hydrogens is 353 g/mol. The highest BCUT2D eigenvalue weighted by atomic mass is 32.1. The summed E-state index contributed by atoms with van der Waals surface area (Å²) in [5.41, 5.74) is 1.02. The van der Waals surface area contributed by atoms with Gasteiger partial charge in [0.05, 0.1) is 12.6 Å². The summed E-state index contributed by atoms with van der Waals surface area (Å²) in [5, 5.41) is 3.11. The molecule has 1 aromatic heterocycles. The SMILES string of the molecule is Cc1csc(CN2CCN(C3CCCN(CC(F)(F)F)C3=O)CC2)n1. The molecule has 0 N–H and O–H groups in total. The fraction of sp³-hybridized carbons (Fsp3) is 0.750. The molecule has 1 aromatic rings. The van der Waals surface area contributed by atoms with Gasteiger partial charge in [0.1, 0.15) is 11.6 Å². The molecule has 140 valence electrons. The molecule has 0 bridgehead atoms. The van der Waals surface area contributed by atoms with Crippen LogP contribution >= 0.6 is 11.3 Å². The van der Waals surface area contributed by atoms with E-state index in [1.165, 1.54) is 0 Å². The van der Waals surface area contributed by atoms with Gasteiger partial charge in [-0.15, -0.1) is 11.3 Å². The van der Waals surface area contributed by atoms with Crippen LogP contribution in [-0.2, 0) is 11.3 Å². The molecule has 1 atom stereocenters. The van der Waals surface area contributed by atoms with Crippen molar-refractivity contribution in [3.63, 3.8) is 0 Å². The van der Waals surface area contributed by atoms with E-state index in [-0.39, 0.29) is 12.5 Å². The van der Waals surface area contributed by atoms with Crippen LogP contribution in [0.5, 0.6) is 0 Å². The third-order valence-electron chi connectivity index (χ3n) is 4.75. The minimum atomic E-state index is -4.33. The zero-order valence-electron chi connectivity index (χ0n) is 14.3. The van der Waals surface area contributed by atoms with Gasteiger partial charge in [-0.2, -0.15) is 13.2 Å². The first-order chi connectivity index (χ1) is 11.8. The monoisotopic (exact) mass is 376 g/mol. The number of hydrogen-bond acceptors (Lipinski definition) is 5. The predicted molar refractivity (Wildman–Crippen MR) is 89.4 cm³/mol. The highest BCUT2D eigenvalue weighted by Gasteiger charge is 2.39. The number of hydrogen-bond donors (Lipinski definition) is 0. The van der Waals surface area contributed by atoms with Crippen molar-refractivity contribution in [3.05, 3.63) is 16.1 Å². The number of carbonyl (C=O) groups is 1. The molecule has 5 nitrogen and oxygen atoms in total. The van der Waals surface area contributed by atoms with Gasteiger partial charge in [0.15, 0.2) is 0 Å². The smallest absolute Gasteiger partial charge is 0.332 e. The Bertz CT molecular complexity index is 598. The lowest BCUT2D eigenvalue weighted by Gasteiger charge is -2.42. The van der Waals surface area contributed by atoms with E-state index in [0.717, 1.165) is 35.2 Å². The number of aromatic nitrogens is 1. The molecule has 0 radical (unpaired) electrons. The lowest BCUT2D eigenvalue weighted by Crippen LogP contribution is -2.58. The summed E-state index contributed by atoms with van der Waals surface area (Å²) in [6, 6.07) is -0.402. The number of piperazine rings is 1. The first-order valence-electron chi connectivity index (χ1n) is 8.55. The standard InChI is InChI=1S/C16H23F3N4OS/c1-12-10-25-14(20-12)9-21-5-7-22(8-6-21)13-3-2-4-23(15(13)24)11-16(17,18)19/h10,13H,2-9,11H2,1H3. The van der Waals surface area contributed by atoms with Gasteiger partial charge in [0, 0.05) is 43.8 Å². The second-order valence-corrected chi connectivity index (χ2v) is 7.67. The Morgan fingerprint density at radius 1 is 1.24 bits per heavy atom. The van der Waals surface area contributed by atoms with Crippen molar-refractivity contribution in [3.8, 4) is 0 Å². The number of rotatable bonds is 4. The fourth-order valence-corrected chi connectivity index (χ4v) is 4.34. The maximum Gasteiger partial charge on any atom is 0.406 e. The Balaban J connectivity index is 1.52. The molecule has 0 saturated carbocycles. The lowest BCUT2D eigenvalue weighted by molar-refractivity contribution is -0.168. The van der Waals surface area contributed by atoms with E-state index in [9.17, 15) is 18.0 Å². The molecule has 2 fully saturated rings. The first-order valence-corrected chi connectivity index (χ1v) is 9.43. The summed E-state index contributed by atoms with van der Waals surface area (Å²) in [7, 11) is 0. The second-order valence-electron chi connectivity index (χ2n) is 6.73. The molecule has 2 saturated heterocycles. The van der Waals surface area contributed by atoms with Crippen LogP contribution in [0.2, 0.25) is 0 Å². The van der Waals surface area contributed by atoms with Crippen LogP contribution in [0.4, 0.5) is 13.2 Å². The van der Waals surface area contributed by atoms with Crippen LogP contribution in [0.3, 0.4) is 0 Å². The summed E-state index contributed by atoms with van der Waals surface area (Å²) >= 11 is 1.64. The van der Waals surface area contributed by atoms with Gasteiger partial charge in [-0.05, 0) is 19.8 Å². The molecule has 1 unspecified atom stereocenters. The van der Waals surface area contributed by atoms with Crippen molar-refractivity contribution in [1.29, 1.82) is 0 Å². The topological polar surface area (TPSA) is 39.7 Å². The number of nitrogens with zero attached hydrogens (tertiary/aromatic N) is 4. The van der Waals surface area contributed by atoms with Crippen molar-refractivity contribution < 1.29 is 18.0 Å². The Labute approximate surface area is 149 Å². The summed E-state index contributed by atoms with van der Waals surface area (Å²) in [4.78, 5) is 22.2. The third kappa shape index (κ3) is 4.92. The van der Waals surface area contributed by atoms with E-state index in [4.69, 9.17) is 0 Å².